The zero-order chi connectivity index (χ0) is 17.3. The van der Waals surface area contributed by atoms with Crippen molar-refractivity contribution in [2.24, 2.45) is 11.7 Å². The number of hydrogen-bond acceptors (Lipinski definition) is 4. The van der Waals surface area contributed by atoms with Gasteiger partial charge in [0.25, 0.3) is 0 Å². The number of rotatable bonds is 4. The van der Waals surface area contributed by atoms with Crippen LogP contribution in [0.3, 0.4) is 0 Å². The first-order chi connectivity index (χ1) is 11.6. The molecule has 2 aliphatic heterocycles. The van der Waals surface area contributed by atoms with E-state index in [0.29, 0.717) is 19.6 Å². The average molecular weight is 330 g/mol. The lowest BCUT2D eigenvalue weighted by Crippen LogP contribution is -2.72. The van der Waals surface area contributed by atoms with Crippen LogP contribution in [-0.4, -0.2) is 64.8 Å². The molecule has 2 heterocycles. The zero-order valence-electron chi connectivity index (χ0n) is 13.7. The van der Waals surface area contributed by atoms with Crippen LogP contribution >= 0.6 is 0 Å². The number of nitrogens with zero attached hydrogens (tertiary/aromatic N) is 3. The molecule has 1 aromatic carbocycles. The molecule has 24 heavy (non-hydrogen) atoms. The summed E-state index contributed by atoms with van der Waals surface area (Å²) in [5.74, 6) is -0.596. The Morgan fingerprint density at radius 1 is 1.17 bits per heavy atom. The third-order valence-electron chi connectivity index (χ3n) is 4.76. The summed E-state index contributed by atoms with van der Waals surface area (Å²) in [5, 5.41) is 0. The summed E-state index contributed by atoms with van der Waals surface area (Å²) >= 11 is 0. The SMILES string of the molecule is CC1CN(C=O)C2CN(Cc3ccccc3)C(=O)[C@H](CN)N2C1=O. The van der Waals surface area contributed by atoms with Crippen LogP contribution < -0.4 is 5.73 Å². The highest BCUT2D eigenvalue weighted by atomic mass is 16.2. The van der Waals surface area contributed by atoms with E-state index in [-0.39, 0.29) is 24.3 Å². The molecule has 2 aliphatic rings. The summed E-state index contributed by atoms with van der Waals surface area (Å²) in [7, 11) is 0. The van der Waals surface area contributed by atoms with Crippen LogP contribution in [0.5, 0.6) is 0 Å². The Hall–Kier alpha value is -2.41. The van der Waals surface area contributed by atoms with E-state index < -0.39 is 12.2 Å². The zero-order valence-corrected chi connectivity index (χ0v) is 13.7. The first kappa shape index (κ1) is 16.4. The van der Waals surface area contributed by atoms with E-state index in [4.69, 9.17) is 5.73 Å². The minimum Gasteiger partial charge on any atom is -0.333 e. The quantitative estimate of drug-likeness (QED) is 0.763. The molecule has 0 aliphatic carbocycles. The van der Waals surface area contributed by atoms with Crippen molar-refractivity contribution in [3.63, 3.8) is 0 Å². The van der Waals surface area contributed by atoms with Gasteiger partial charge in [-0.1, -0.05) is 37.3 Å². The van der Waals surface area contributed by atoms with Gasteiger partial charge in [0.15, 0.2) is 0 Å². The largest absolute Gasteiger partial charge is 0.333 e. The van der Waals surface area contributed by atoms with Gasteiger partial charge in [0.05, 0.1) is 12.5 Å². The summed E-state index contributed by atoms with van der Waals surface area (Å²) in [6.45, 7) is 2.93. The molecule has 2 N–H and O–H groups in total. The summed E-state index contributed by atoms with van der Waals surface area (Å²) in [6.07, 6.45) is 0.311. The van der Waals surface area contributed by atoms with Crippen LogP contribution in [0.25, 0.3) is 0 Å². The highest BCUT2D eigenvalue weighted by molar-refractivity contribution is 5.91. The maximum atomic E-state index is 12.8. The predicted octanol–water partition coefficient (Wildman–Crippen LogP) is -0.381. The molecule has 0 radical (unpaired) electrons. The van der Waals surface area contributed by atoms with Crippen LogP contribution in [0.2, 0.25) is 0 Å². The van der Waals surface area contributed by atoms with E-state index in [9.17, 15) is 14.4 Å². The van der Waals surface area contributed by atoms with Crippen molar-refractivity contribution in [3.05, 3.63) is 35.9 Å². The summed E-state index contributed by atoms with van der Waals surface area (Å²) < 4.78 is 0. The molecule has 2 unspecified atom stereocenters. The third kappa shape index (κ3) is 2.75. The smallest absolute Gasteiger partial charge is 0.247 e. The lowest BCUT2D eigenvalue weighted by Gasteiger charge is -2.52. The topological polar surface area (TPSA) is 86.9 Å². The second kappa shape index (κ2) is 6.60. The van der Waals surface area contributed by atoms with Crippen molar-refractivity contribution in [2.75, 3.05) is 19.6 Å². The second-order valence-electron chi connectivity index (χ2n) is 6.39. The van der Waals surface area contributed by atoms with E-state index >= 15 is 0 Å². The van der Waals surface area contributed by atoms with Gasteiger partial charge in [-0.05, 0) is 5.56 Å². The summed E-state index contributed by atoms with van der Waals surface area (Å²) in [5.41, 5.74) is 6.81. The molecule has 7 nitrogen and oxygen atoms in total. The fraction of sp³-hybridized carbons (Fsp3) is 0.471. The van der Waals surface area contributed by atoms with Crippen molar-refractivity contribution in [3.8, 4) is 0 Å². The van der Waals surface area contributed by atoms with Gasteiger partial charge >= 0.3 is 0 Å². The van der Waals surface area contributed by atoms with E-state index in [1.54, 1.807) is 16.7 Å². The lowest BCUT2D eigenvalue weighted by molar-refractivity contribution is -0.175. The fourth-order valence-corrected chi connectivity index (χ4v) is 3.52. The Morgan fingerprint density at radius 2 is 1.88 bits per heavy atom. The van der Waals surface area contributed by atoms with Crippen molar-refractivity contribution >= 4 is 18.2 Å². The molecule has 3 atom stereocenters. The monoisotopic (exact) mass is 330 g/mol. The van der Waals surface area contributed by atoms with Crippen molar-refractivity contribution in [2.45, 2.75) is 25.7 Å². The Balaban J connectivity index is 1.89. The summed E-state index contributed by atoms with van der Waals surface area (Å²) in [6, 6.07) is 8.93. The minimum absolute atomic E-state index is 0.0474. The molecule has 2 saturated heterocycles. The molecule has 0 bridgehead atoms. The molecule has 1 aromatic rings. The van der Waals surface area contributed by atoms with Gasteiger partial charge in [0, 0.05) is 19.6 Å². The molecule has 128 valence electrons. The maximum Gasteiger partial charge on any atom is 0.247 e. The van der Waals surface area contributed by atoms with Crippen molar-refractivity contribution < 1.29 is 14.4 Å². The van der Waals surface area contributed by atoms with Crippen LogP contribution in [0.1, 0.15) is 12.5 Å². The second-order valence-corrected chi connectivity index (χ2v) is 6.39. The maximum absolute atomic E-state index is 12.8. The number of piperazine rings is 1. The summed E-state index contributed by atoms with van der Waals surface area (Å²) in [4.78, 5) is 41.6. The van der Waals surface area contributed by atoms with Gasteiger partial charge in [0.2, 0.25) is 18.2 Å². The number of benzene rings is 1. The minimum atomic E-state index is -0.717. The Bertz CT molecular complexity index is 636. The molecule has 0 saturated carbocycles. The Morgan fingerprint density at radius 3 is 2.50 bits per heavy atom. The first-order valence-corrected chi connectivity index (χ1v) is 8.12. The number of carbonyl (C=O) groups excluding carboxylic acids is 3. The molecular formula is C17H22N4O3. The first-order valence-electron chi connectivity index (χ1n) is 8.12. The molecule has 2 fully saturated rings. The predicted molar refractivity (Wildman–Crippen MR) is 87.3 cm³/mol. The van der Waals surface area contributed by atoms with Crippen molar-refractivity contribution in [1.82, 2.24) is 14.7 Å². The van der Waals surface area contributed by atoms with E-state index in [1.165, 1.54) is 4.90 Å². The lowest BCUT2D eigenvalue weighted by atomic mass is 9.98. The van der Waals surface area contributed by atoms with Gasteiger partial charge in [-0.2, -0.15) is 0 Å². The number of nitrogens with two attached hydrogens (primary N) is 1. The van der Waals surface area contributed by atoms with Crippen LogP contribution in [0, 0.1) is 5.92 Å². The Labute approximate surface area is 141 Å². The average Bonchev–Trinajstić information content (AvgIpc) is 2.60. The normalized spacial score (nSPS) is 27.2. The van der Waals surface area contributed by atoms with E-state index in [0.717, 1.165) is 12.0 Å². The molecule has 0 spiro atoms. The van der Waals surface area contributed by atoms with Gasteiger partial charge < -0.3 is 20.4 Å². The highest BCUT2D eigenvalue weighted by Gasteiger charge is 2.48. The van der Waals surface area contributed by atoms with Gasteiger partial charge in [0.1, 0.15) is 12.2 Å². The standard InChI is InChI=1S/C17H22N4O3/c1-12-8-20(11-22)15-10-19(9-13-5-3-2-4-6-13)17(24)14(7-18)21(15)16(12)23/h2-6,11-12,14-15H,7-10,18H2,1H3/t12?,14-,15?/m0/s1. The Kier molecular flexibility index (Phi) is 4.53. The van der Waals surface area contributed by atoms with Crippen LogP contribution in [0.15, 0.2) is 30.3 Å². The van der Waals surface area contributed by atoms with E-state index in [1.807, 2.05) is 30.3 Å². The molecular weight excluding hydrogens is 308 g/mol. The van der Waals surface area contributed by atoms with Gasteiger partial charge in [-0.15, -0.1) is 0 Å². The van der Waals surface area contributed by atoms with Gasteiger partial charge in [-0.25, -0.2) is 0 Å². The molecule has 3 amide bonds. The molecule has 0 aromatic heterocycles. The fourth-order valence-electron chi connectivity index (χ4n) is 3.52. The number of carbonyl (C=O) groups is 3. The van der Waals surface area contributed by atoms with Crippen LogP contribution in [-0.2, 0) is 20.9 Å². The van der Waals surface area contributed by atoms with Crippen molar-refractivity contribution in [1.29, 1.82) is 0 Å². The number of hydrogen-bond donors (Lipinski definition) is 1. The highest BCUT2D eigenvalue weighted by Crippen LogP contribution is 2.27. The number of amides is 3. The molecule has 7 heteroatoms. The molecule has 3 rings (SSSR count). The van der Waals surface area contributed by atoms with E-state index in [2.05, 4.69) is 0 Å². The number of fused-ring (bicyclic) bond motifs is 1. The van der Waals surface area contributed by atoms with Crippen LogP contribution in [0.4, 0.5) is 0 Å². The third-order valence-corrected chi connectivity index (χ3v) is 4.76. The van der Waals surface area contributed by atoms with Gasteiger partial charge in [-0.3, -0.25) is 14.4 Å².